The summed E-state index contributed by atoms with van der Waals surface area (Å²) in [5, 5.41) is 3.20. The lowest BCUT2D eigenvalue weighted by Gasteiger charge is -2.37. The van der Waals surface area contributed by atoms with Crippen LogP contribution in [0.4, 0.5) is 0 Å². The van der Waals surface area contributed by atoms with Crippen LogP contribution in [0.1, 0.15) is 13.8 Å². The van der Waals surface area contributed by atoms with E-state index in [9.17, 15) is 8.42 Å². The van der Waals surface area contributed by atoms with Gasteiger partial charge in [0.15, 0.2) is 0 Å². The molecule has 1 fully saturated rings. The second kappa shape index (κ2) is 4.42. The van der Waals surface area contributed by atoms with E-state index in [0.717, 1.165) is 13.1 Å². The molecule has 0 radical (unpaired) electrons. The third-order valence-corrected chi connectivity index (χ3v) is 4.42. The van der Waals surface area contributed by atoms with Crippen molar-refractivity contribution in [2.75, 3.05) is 18.8 Å². The number of nitrogens with one attached hydrogen (secondary N) is 1. The van der Waals surface area contributed by atoms with Crippen molar-refractivity contribution in [2.45, 2.75) is 25.9 Å². The van der Waals surface area contributed by atoms with Crippen molar-refractivity contribution < 1.29 is 8.42 Å². The monoisotopic (exact) mass is 218 g/mol. The molecule has 2 unspecified atom stereocenters. The Kier molecular flexibility index (Phi) is 3.69. The molecule has 2 atom stereocenters. The van der Waals surface area contributed by atoms with Gasteiger partial charge in [-0.1, -0.05) is 6.08 Å². The molecule has 0 amide bonds. The van der Waals surface area contributed by atoms with E-state index in [1.165, 1.54) is 6.08 Å². The first-order chi connectivity index (χ1) is 6.49. The summed E-state index contributed by atoms with van der Waals surface area (Å²) in [6, 6.07) is 0.0624. The molecule has 1 N–H and O–H groups in total. The summed E-state index contributed by atoms with van der Waals surface area (Å²) in [5.74, 6) is 0.0294. The lowest BCUT2D eigenvalue weighted by Crippen LogP contribution is -2.57. The van der Waals surface area contributed by atoms with E-state index in [-0.39, 0.29) is 17.8 Å². The fourth-order valence-electron chi connectivity index (χ4n) is 1.90. The molecule has 1 rings (SSSR count). The van der Waals surface area contributed by atoms with Gasteiger partial charge in [-0.15, -0.1) is 6.58 Å². The average Bonchev–Trinajstić information content (AvgIpc) is 2.02. The summed E-state index contributed by atoms with van der Waals surface area (Å²) in [6.07, 6.45) is 1.44. The molecule has 4 nitrogen and oxygen atoms in total. The minimum absolute atomic E-state index is 0.0294. The Hall–Kier alpha value is -0.390. The van der Waals surface area contributed by atoms with Gasteiger partial charge in [-0.05, 0) is 13.8 Å². The Morgan fingerprint density at radius 1 is 1.43 bits per heavy atom. The second-order valence-electron chi connectivity index (χ2n) is 3.75. The maximum Gasteiger partial charge on any atom is 0.218 e. The zero-order valence-electron chi connectivity index (χ0n) is 8.73. The first-order valence-electron chi connectivity index (χ1n) is 4.82. The van der Waals surface area contributed by atoms with Crippen LogP contribution >= 0.6 is 0 Å². The van der Waals surface area contributed by atoms with Crippen molar-refractivity contribution in [2.24, 2.45) is 0 Å². The lowest BCUT2D eigenvalue weighted by atomic mass is 10.2. The van der Waals surface area contributed by atoms with Gasteiger partial charge in [-0.2, -0.15) is 4.31 Å². The SMILES string of the molecule is C=CCS(=O)(=O)N1C(C)CNCC1C. The standard InChI is InChI=1S/C9H18N2O2S/c1-4-5-14(12,13)11-8(2)6-10-7-9(11)3/h4,8-10H,1,5-7H2,2-3H3. The molecule has 0 aliphatic carbocycles. The smallest absolute Gasteiger partial charge is 0.218 e. The molecular formula is C9H18N2O2S. The van der Waals surface area contributed by atoms with Crippen LogP contribution < -0.4 is 5.32 Å². The van der Waals surface area contributed by atoms with Gasteiger partial charge in [0, 0.05) is 25.2 Å². The highest BCUT2D eigenvalue weighted by molar-refractivity contribution is 7.89. The molecule has 1 heterocycles. The van der Waals surface area contributed by atoms with Crippen molar-refractivity contribution in [1.82, 2.24) is 9.62 Å². The van der Waals surface area contributed by atoms with Crippen molar-refractivity contribution in [3.05, 3.63) is 12.7 Å². The Labute approximate surface area is 86.0 Å². The summed E-state index contributed by atoms with van der Waals surface area (Å²) in [5.41, 5.74) is 0. The summed E-state index contributed by atoms with van der Waals surface area (Å²) >= 11 is 0. The molecule has 14 heavy (non-hydrogen) atoms. The van der Waals surface area contributed by atoms with E-state index >= 15 is 0 Å². The van der Waals surface area contributed by atoms with E-state index in [1.807, 2.05) is 13.8 Å². The maximum atomic E-state index is 11.8. The lowest BCUT2D eigenvalue weighted by molar-refractivity contribution is 0.220. The third kappa shape index (κ3) is 2.34. The number of piperazine rings is 1. The Balaban J connectivity index is 2.87. The van der Waals surface area contributed by atoms with E-state index < -0.39 is 10.0 Å². The first kappa shape index (κ1) is 11.7. The highest BCUT2D eigenvalue weighted by Crippen LogP contribution is 2.15. The van der Waals surface area contributed by atoms with E-state index in [0.29, 0.717) is 0 Å². The van der Waals surface area contributed by atoms with Crippen molar-refractivity contribution in [1.29, 1.82) is 0 Å². The van der Waals surface area contributed by atoms with E-state index in [4.69, 9.17) is 0 Å². The molecule has 1 saturated heterocycles. The van der Waals surface area contributed by atoms with Crippen molar-refractivity contribution >= 4 is 10.0 Å². The molecule has 82 valence electrons. The highest BCUT2D eigenvalue weighted by Gasteiger charge is 2.33. The zero-order valence-corrected chi connectivity index (χ0v) is 9.55. The maximum absolute atomic E-state index is 11.8. The molecule has 0 aromatic rings. The van der Waals surface area contributed by atoms with Gasteiger partial charge in [0.1, 0.15) is 0 Å². The average molecular weight is 218 g/mol. The Bertz CT molecular complexity index is 290. The van der Waals surface area contributed by atoms with Crippen LogP contribution in [0.15, 0.2) is 12.7 Å². The van der Waals surface area contributed by atoms with Gasteiger partial charge in [0.05, 0.1) is 5.75 Å². The van der Waals surface area contributed by atoms with Crippen LogP contribution in [0, 0.1) is 0 Å². The van der Waals surface area contributed by atoms with Gasteiger partial charge < -0.3 is 5.32 Å². The largest absolute Gasteiger partial charge is 0.314 e. The van der Waals surface area contributed by atoms with Crippen LogP contribution in [-0.4, -0.2) is 43.6 Å². The topological polar surface area (TPSA) is 49.4 Å². The molecule has 1 aliphatic heterocycles. The zero-order chi connectivity index (χ0) is 10.8. The predicted octanol–water partition coefficient (Wildman–Crippen LogP) is 0.184. The summed E-state index contributed by atoms with van der Waals surface area (Å²) in [6.45, 7) is 8.76. The number of sulfonamides is 1. The van der Waals surface area contributed by atoms with Crippen LogP contribution in [0.2, 0.25) is 0 Å². The molecule has 0 aromatic carbocycles. The number of hydrogen-bond donors (Lipinski definition) is 1. The highest BCUT2D eigenvalue weighted by atomic mass is 32.2. The minimum Gasteiger partial charge on any atom is -0.314 e. The molecule has 5 heteroatoms. The third-order valence-electron chi connectivity index (χ3n) is 2.40. The van der Waals surface area contributed by atoms with E-state index in [2.05, 4.69) is 11.9 Å². The van der Waals surface area contributed by atoms with Gasteiger partial charge >= 0.3 is 0 Å². The predicted molar refractivity (Wildman–Crippen MR) is 57.6 cm³/mol. The molecule has 0 spiro atoms. The van der Waals surface area contributed by atoms with Gasteiger partial charge in [-0.25, -0.2) is 8.42 Å². The van der Waals surface area contributed by atoms with Gasteiger partial charge in [-0.3, -0.25) is 0 Å². The van der Waals surface area contributed by atoms with Gasteiger partial charge in [0.2, 0.25) is 10.0 Å². The van der Waals surface area contributed by atoms with E-state index in [1.54, 1.807) is 4.31 Å². The summed E-state index contributed by atoms with van der Waals surface area (Å²) in [7, 11) is -3.16. The molecule has 0 aromatic heterocycles. The molecule has 1 aliphatic rings. The van der Waals surface area contributed by atoms with Crippen molar-refractivity contribution in [3.63, 3.8) is 0 Å². The van der Waals surface area contributed by atoms with Crippen LogP contribution in [0.25, 0.3) is 0 Å². The normalized spacial score (nSPS) is 30.1. The van der Waals surface area contributed by atoms with Crippen LogP contribution in [0.3, 0.4) is 0 Å². The number of rotatable bonds is 3. The fraction of sp³-hybridized carbons (Fsp3) is 0.778. The van der Waals surface area contributed by atoms with Crippen LogP contribution in [-0.2, 0) is 10.0 Å². The summed E-state index contributed by atoms with van der Waals surface area (Å²) in [4.78, 5) is 0. The fourth-order valence-corrected chi connectivity index (χ4v) is 3.61. The van der Waals surface area contributed by atoms with Crippen molar-refractivity contribution in [3.8, 4) is 0 Å². The second-order valence-corrected chi connectivity index (χ2v) is 5.67. The van der Waals surface area contributed by atoms with Crippen LogP contribution in [0.5, 0.6) is 0 Å². The quantitative estimate of drug-likeness (QED) is 0.688. The Morgan fingerprint density at radius 3 is 2.36 bits per heavy atom. The molecular weight excluding hydrogens is 200 g/mol. The molecule has 0 bridgehead atoms. The minimum atomic E-state index is -3.16. The number of nitrogens with zero attached hydrogens (tertiary/aromatic N) is 1. The number of hydrogen-bond acceptors (Lipinski definition) is 3. The first-order valence-corrected chi connectivity index (χ1v) is 6.42. The molecule has 0 saturated carbocycles. The van der Waals surface area contributed by atoms with Gasteiger partial charge in [0.25, 0.3) is 0 Å². The Morgan fingerprint density at radius 2 is 1.93 bits per heavy atom. The summed E-state index contributed by atoms with van der Waals surface area (Å²) < 4.78 is 25.3.